The number of hydrogen-bond acceptors (Lipinski definition) is 4. The van der Waals surface area contributed by atoms with Gasteiger partial charge in [0.15, 0.2) is 5.82 Å². The minimum Gasteiger partial charge on any atom is -0.368 e. The van der Waals surface area contributed by atoms with Crippen LogP contribution in [0.15, 0.2) is 30.3 Å². The fourth-order valence-electron chi connectivity index (χ4n) is 1.71. The lowest BCUT2D eigenvalue weighted by atomic mass is 9.92. The molecule has 2 rings (SSSR count). The van der Waals surface area contributed by atoms with Gasteiger partial charge in [0.1, 0.15) is 5.82 Å². The van der Waals surface area contributed by atoms with E-state index in [4.69, 9.17) is 5.73 Å². The fourth-order valence-corrected chi connectivity index (χ4v) is 1.71. The number of benzene rings is 1. The van der Waals surface area contributed by atoms with Crippen LogP contribution in [0, 0.1) is 5.41 Å². The predicted octanol–water partition coefficient (Wildman–Crippen LogP) is 2.71. The highest BCUT2D eigenvalue weighted by Crippen LogP contribution is 2.21. The third-order valence-corrected chi connectivity index (χ3v) is 2.42. The quantitative estimate of drug-likeness (QED) is 0.879. The van der Waals surface area contributed by atoms with Crippen LogP contribution in [0.3, 0.4) is 0 Å². The third kappa shape index (κ3) is 3.26. The molecule has 0 unspecified atom stereocenters. The van der Waals surface area contributed by atoms with Gasteiger partial charge >= 0.3 is 0 Å². The van der Waals surface area contributed by atoms with Gasteiger partial charge in [0, 0.05) is 12.0 Å². The van der Waals surface area contributed by atoms with Crippen LogP contribution < -0.4 is 5.73 Å². The van der Waals surface area contributed by atoms with Crippen molar-refractivity contribution in [2.45, 2.75) is 27.2 Å². The van der Waals surface area contributed by atoms with Gasteiger partial charge < -0.3 is 5.73 Å². The van der Waals surface area contributed by atoms with Crippen LogP contribution in [-0.4, -0.2) is 15.0 Å². The molecular formula is C14H18N4. The first-order valence-electron chi connectivity index (χ1n) is 6.00. The van der Waals surface area contributed by atoms with Crippen molar-refractivity contribution in [3.8, 4) is 11.4 Å². The van der Waals surface area contributed by atoms with Crippen LogP contribution in [0.2, 0.25) is 0 Å². The molecule has 1 heterocycles. The Balaban J connectivity index is 2.39. The molecule has 0 aliphatic rings. The first-order chi connectivity index (χ1) is 8.44. The Bertz CT molecular complexity index is 529. The van der Waals surface area contributed by atoms with Gasteiger partial charge in [0.05, 0.1) is 0 Å². The molecule has 1 aromatic carbocycles. The molecule has 2 N–H and O–H groups in total. The van der Waals surface area contributed by atoms with Gasteiger partial charge in [0.25, 0.3) is 0 Å². The average Bonchev–Trinajstić information content (AvgIpc) is 2.27. The predicted molar refractivity (Wildman–Crippen MR) is 72.8 cm³/mol. The van der Waals surface area contributed by atoms with Gasteiger partial charge in [-0.3, -0.25) is 0 Å². The lowest BCUT2D eigenvalue weighted by Crippen LogP contribution is -2.14. The lowest BCUT2D eigenvalue weighted by molar-refractivity contribution is 0.400. The molecule has 4 nitrogen and oxygen atoms in total. The summed E-state index contributed by atoms with van der Waals surface area (Å²) in [5.74, 6) is 1.67. The van der Waals surface area contributed by atoms with Crippen LogP contribution in [0.5, 0.6) is 0 Å². The molecule has 2 aromatic rings. The van der Waals surface area contributed by atoms with Crippen molar-refractivity contribution in [1.82, 2.24) is 15.0 Å². The molecule has 18 heavy (non-hydrogen) atoms. The van der Waals surface area contributed by atoms with E-state index in [2.05, 4.69) is 35.7 Å². The van der Waals surface area contributed by atoms with E-state index >= 15 is 0 Å². The van der Waals surface area contributed by atoms with Crippen LogP contribution in [0.1, 0.15) is 26.6 Å². The van der Waals surface area contributed by atoms with E-state index in [1.54, 1.807) is 0 Å². The second kappa shape index (κ2) is 4.72. The number of rotatable bonds is 2. The van der Waals surface area contributed by atoms with E-state index in [9.17, 15) is 0 Å². The summed E-state index contributed by atoms with van der Waals surface area (Å²) in [6.07, 6.45) is 0.777. The van der Waals surface area contributed by atoms with Gasteiger partial charge in [-0.1, -0.05) is 51.1 Å². The first kappa shape index (κ1) is 12.5. The van der Waals surface area contributed by atoms with E-state index in [0.717, 1.165) is 17.8 Å². The Morgan fingerprint density at radius 1 is 1.00 bits per heavy atom. The van der Waals surface area contributed by atoms with Gasteiger partial charge in [-0.05, 0) is 5.41 Å². The number of nitrogens with zero attached hydrogens (tertiary/aromatic N) is 3. The fraction of sp³-hybridized carbons (Fsp3) is 0.357. The SMILES string of the molecule is CC(C)(C)Cc1nc(N)nc(-c2ccccc2)n1. The molecule has 0 saturated heterocycles. The van der Waals surface area contributed by atoms with Crippen molar-refractivity contribution in [3.05, 3.63) is 36.2 Å². The van der Waals surface area contributed by atoms with Crippen LogP contribution in [0.4, 0.5) is 5.95 Å². The van der Waals surface area contributed by atoms with Crippen molar-refractivity contribution < 1.29 is 0 Å². The number of hydrogen-bond donors (Lipinski definition) is 1. The molecule has 0 bridgehead atoms. The Hall–Kier alpha value is -1.97. The molecule has 0 fully saturated rings. The normalized spacial score (nSPS) is 11.5. The van der Waals surface area contributed by atoms with Crippen LogP contribution in [-0.2, 0) is 6.42 Å². The highest BCUT2D eigenvalue weighted by Gasteiger charge is 2.15. The largest absolute Gasteiger partial charge is 0.368 e. The van der Waals surface area contributed by atoms with Crippen molar-refractivity contribution in [2.24, 2.45) is 5.41 Å². The maximum Gasteiger partial charge on any atom is 0.223 e. The molecular weight excluding hydrogens is 224 g/mol. The molecule has 0 aliphatic carbocycles. The van der Waals surface area contributed by atoms with E-state index in [1.165, 1.54) is 0 Å². The maximum absolute atomic E-state index is 5.75. The van der Waals surface area contributed by atoms with Crippen molar-refractivity contribution >= 4 is 5.95 Å². The van der Waals surface area contributed by atoms with Crippen LogP contribution >= 0.6 is 0 Å². The number of aromatic nitrogens is 3. The van der Waals surface area contributed by atoms with Crippen molar-refractivity contribution in [3.63, 3.8) is 0 Å². The smallest absolute Gasteiger partial charge is 0.223 e. The third-order valence-electron chi connectivity index (χ3n) is 2.42. The molecule has 0 saturated carbocycles. The van der Waals surface area contributed by atoms with E-state index in [0.29, 0.717) is 5.82 Å². The second-order valence-corrected chi connectivity index (χ2v) is 5.54. The van der Waals surface area contributed by atoms with Gasteiger partial charge in [0.2, 0.25) is 5.95 Å². The Morgan fingerprint density at radius 2 is 1.67 bits per heavy atom. The topological polar surface area (TPSA) is 64.7 Å². The minimum absolute atomic E-state index is 0.127. The molecule has 0 aliphatic heterocycles. The molecule has 4 heteroatoms. The zero-order valence-corrected chi connectivity index (χ0v) is 11.0. The highest BCUT2D eigenvalue weighted by molar-refractivity contribution is 5.55. The summed E-state index contributed by atoms with van der Waals surface area (Å²) in [6, 6.07) is 9.81. The molecule has 0 atom stereocenters. The molecule has 94 valence electrons. The summed E-state index contributed by atoms with van der Waals surface area (Å²) in [6.45, 7) is 6.44. The Morgan fingerprint density at radius 3 is 2.28 bits per heavy atom. The van der Waals surface area contributed by atoms with Gasteiger partial charge in [-0.2, -0.15) is 9.97 Å². The minimum atomic E-state index is 0.127. The summed E-state index contributed by atoms with van der Waals surface area (Å²) >= 11 is 0. The van der Waals surface area contributed by atoms with Crippen molar-refractivity contribution in [2.75, 3.05) is 5.73 Å². The summed E-state index contributed by atoms with van der Waals surface area (Å²) in [5.41, 5.74) is 6.84. The maximum atomic E-state index is 5.75. The Kier molecular flexibility index (Phi) is 3.28. The number of anilines is 1. The van der Waals surface area contributed by atoms with E-state index in [1.807, 2.05) is 30.3 Å². The van der Waals surface area contributed by atoms with E-state index < -0.39 is 0 Å². The monoisotopic (exact) mass is 242 g/mol. The summed E-state index contributed by atoms with van der Waals surface area (Å²) in [5, 5.41) is 0. The standard InChI is InChI=1S/C14H18N4/c1-14(2,3)9-11-16-12(18-13(15)17-11)10-7-5-4-6-8-10/h4-8H,9H2,1-3H3,(H2,15,16,17,18). The lowest BCUT2D eigenvalue weighted by Gasteiger charge is -2.17. The molecule has 0 spiro atoms. The zero-order chi connectivity index (χ0) is 13.2. The molecule has 1 aromatic heterocycles. The Labute approximate surface area is 107 Å². The van der Waals surface area contributed by atoms with E-state index in [-0.39, 0.29) is 11.4 Å². The highest BCUT2D eigenvalue weighted by atomic mass is 15.1. The summed E-state index contributed by atoms with van der Waals surface area (Å²) in [7, 11) is 0. The summed E-state index contributed by atoms with van der Waals surface area (Å²) in [4.78, 5) is 12.9. The van der Waals surface area contributed by atoms with Gasteiger partial charge in [-0.25, -0.2) is 4.98 Å². The number of nitrogens with two attached hydrogens (primary N) is 1. The first-order valence-corrected chi connectivity index (χ1v) is 6.00. The number of nitrogen functional groups attached to an aromatic ring is 1. The zero-order valence-electron chi connectivity index (χ0n) is 11.0. The molecule has 0 amide bonds. The van der Waals surface area contributed by atoms with Crippen molar-refractivity contribution in [1.29, 1.82) is 0 Å². The average molecular weight is 242 g/mol. The molecule has 0 radical (unpaired) electrons. The van der Waals surface area contributed by atoms with Gasteiger partial charge in [-0.15, -0.1) is 0 Å². The van der Waals surface area contributed by atoms with Crippen LogP contribution in [0.25, 0.3) is 11.4 Å². The summed E-state index contributed by atoms with van der Waals surface area (Å²) < 4.78 is 0. The second-order valence-electron chi connectivity index (χ2n) is 5.54.